The number of hydrogen-bond acceptors (Lipinski definition) is 2. The van der Waals surface area contributed by atoms with Crippen LogP contribution in [0.4, 0.5) is 0 Å². The van der Waals surface area contributed by atoms with E-state index in [9.17, 15) is 0 Å². The third-order valence-corrected chi connectivity index (χ3v) is 3.61. The smallest absolute Gasteiger partial charge is 0.187 e. The van der Waals surface area contributed by atoms with Gasteiger partial charge >= 0.3 is 0 Å². The summed E-state index contributed by atoms with van der Waals surface area (Å²) in [4.78, 5) is 0. The molecule has 0 unspecified atom stereocenters. The number of nitrogens with zero attached hydrogens (tertiary/aromatic N) is 2. The molecule has 3 nitrogen and oxygen atoms in total. The van der Waals surface area contributed by atoms with Gasteiger partial charge in [0.15, 0.2) is 5.11 Å². The highest BCUT2D eigenvalue weighted by Gasteiger charge is 2.30. The van der Waals surface area contributed by atoms with Crippen molar-refractivity contribution >= 4 is 23.0 Å². The molecule has 0 spiro atoms. The van der Waals surface area contributed by atoms with Gasteiger partial charge in [0.05, 0.1) is 11.8 Å². The summed E-state index contributed by atoms with van der Waals surface area (Å²) in [6.07, 6.45) is 0.811. The van der Waals surface area contributed by atoms with E-state index in [1.165, 1.54) is 5.56 Å². The van der Waals surface area contributed by atoms with Gasteiger partial charge in [0.25, 0.3) is 0 Å². The molecule has 20 heavy (non-hydrogen) atoms. The molecule has 2 aromatic carbocycles. The van der Waals surface area contributed by atoms with Crippen molar-refractivity contribution in [2.24, 2.45) is 10.8 Å². The summed E-state index contributed by atoms with van der Waals surface area (Å²) in [5, 5.41) is 6.65. The van der Waals surface area contributed by atoms with Gasteiger partial charge in [0, 0.05) is 6.42 Å². The molecule has 1 atom stereocenters. The first-order valence-corrected chi connectivity index (χ1v) is 6.93. The third kappa shape index (κ3) is 2.42. The van der Waals surface area contributed by atoms with Crippen LogP contribution >= 0.6 is 12.2 Å². The van der Waals surface area contributed by atoms with Gasteiger partial charge in [-0.15, -0.1) is 0 Å². The van der Waals surface area contributed by atoms with Gasteiger partial charge in [0.1, 0.15) is 0 Å². The standard InChI is InChI=1S/C16H15N3S/c17-16(20)19-15(13-9-5-2-6-10-13)11-14(18-19)12-7-3-1-4-8-12/h1-10,15H,11H2,(H2,17,20)/t15-/m0/s1. The summed E-state index contributed by atoms with van der Waals surface area (Å²) >= 11 is 5.13. The van der Waals surface area contributed by atoms with Crippen LogP contribution in [0.15, 0.2) is 65.8 Å². The molecule has 0 bridgehead atoms. The van der Waals surface area contributed by atoms with Crippen molar-refractivity contribution in [1.82, 2.24) is 5.01 Å². The van der Waals surface area contributed by atoms with Crippen LogP contribution in [-0.2, 0) is 0 Å². The van der Waals surface area contributed by atoms with E-state index >= 15 is 0 Å². The molecule has 0 amide bonds. The normalized spacial score (nSPS) is 17.9. The highest BCUT2D eigenvalue weighted by molar-refractivity contribution is 7.80. The van der Waals surface area contributed by atoms with Gasteiger partial charge < -0.3 is 5.73 Å². The van der Waals surface area contributed by atoms with Crippen molar-refractivity contribution in [2.75, 3.05) is 0 Å². The van der Waals surface area contributed by atoms with Crippen LogP contribution in [0.25, 0.3) is 0 Å². The molecule has 0 aromatic heterocycles. The van der Waals surface area contributed by atoms with E-state index in [4.69, 9.17) is 18.0 Å². The lowest BCUT2D eigenvalue weighted by molar-refractivity contribution is 0.373. The molecule has 2 aromatic rings. The average Bonchev–Trinajstić information content (AvgIpc) is 2.94. The van der Waals surface area contributed by atoms with E-state index in [0.717, 1.165) is 17.7 Å². The van der Waals surface area contributed by atoms with Crippen LogP contribution < -0.4 is 5.73 Å². The number of nitrogens with two attached hydrogens (primary N) is 1. The Hall–Kier alpha value is -2.20. The van der Waals surface area contributed by atoms with Crippen molar-refractivity contribution in [1.29, 1.82) is 0 Å². The van der Waals surface area contributed by atoms with Crippen molar-refractivity contribution in [3.05, 3.63) is 71.8 Å². The van der Waals surface area contributed by atoms with Crippen LogP contribution in [0.3, 0.4) is 0 Å². The molecule has 4 heteroatoms. The SMILES string of the molecule is NC(=S)N1N=C(c2ccccc2)C[C@H]1c1ccccc1. The van der Waals surface area contributed by atoms with E-state index in [1.807, 2.05) is 36.4 Å². The largest absolute Gasteiger partial charge is 0.375 e. The van der Waals surface area contributed by atoms with Gasteiger partial charge in [0.2, 0.25) is 0 Å². The summed E-state index contributed by atoms with van der Waals surface area (Å²) in [5.41, 5.74) is 9.13. The van der Waals surface area contributed by atoms with E-state index in [2.05, 4.69) is 29.4 Å². The van der Waals surface area contributed by atoms with E-state index < -0.39 is 0 Å². The zero-order valence-electron chi connectivity index (χ0n) is 10.9. The maximum atomic E-state index is 5.82. The van der Waals surface area contributed by atoms with E-state index in [1.54, 1.807) is 5.01 Å². The zero-order valence-corrected chi connectivity index (χ0v) is 11.8. The number of rotatable bonds is 2. The third-order valence-electron chi connectivity index (χ3n) is 3.43. The molecular weight excluding hydrogens is 266 g/mol. The fourth-order valence-electron chi connectivity index (χ4n) is 2.45. The fraction of sp³-hybridized carbons (Fsp3) is 0.125. The maximum Gasteiger partial charge on any atom is 0.187 e. The summed E-state index contributed by atoms with van der Waals surface area (Å²) in [6.45, 7) is 0. The lowest BCUT2D eigenvalue weighted by Gasteiger charge is -2.21. The predicted molar refractivity (Wildman–Crippen MR) is 85.4 cm³/mol. The topological polar surface area (TPSA) is 41.6 Å². The quantitative estimate of drug-likeness (QED) is 0.860. The van der Waals surface area contributed by atoms with E-state index in [0.29, 0.717) is 5.11 Å². The van der Waals surface area contributed by atoms with Crippen LogP contribution in [0.1, 0.15) is 23.6 Å². The number of hydrazone groups is 1. The summed E-state index contributed by atoms with van der Waals surface area (Å²) < 4.78 is 0. The monoisotopic (exact) mass is 281 g/mol. The first kappa shape index (κ1) is 12.8. The molecule has 0 aliphatic carbocycles. The first-order valence-electron chi connectivity index (χ1n) is 6.52. The van der Waals surface area contributed by atoms with Crippen LogP contribution in [0, 0.1) is 0 Å². The second-order valence-electron chi connectivity index (χ2n) is 4.73. The second-order valence-corrected chi connectivity index (χ2v) is 5.14. The van der Waals surface area contributed by atoms with E-state index in [-0.39, 0.29) is 6.04 Å². The second kappa shape index (κ2) is 5.43. The van der Waals surface area contributed by atoms with Crippen LogP contribution in [0.2, 0.25) is 0 Å². The maximum absolute atomic E-state index is 5.82. The minimum Gasteiger partial charge on any atom is -0.375 e. The Morgan fingerprint density at radius 1 is 1.05 bits per heavy atom. The Kier molecular flexibility index (Phi) is 3.48. The lowest BCUT2D eigenvalue weighted by Crippen LogP contribution is -2.31. The summed E-state index contributed by atoms with van der Waals surface area (Å²) in [5.74, 6) is 0. The minimum absolute atomic E-state index is 0.0870. The molecular formula is C16H15N3S. The summed E-state index contributed by atoms with van der Waals surface area (Å²) in [6, 6.07) is 20.4. The van der Waals surface area contributed by atoms with Crippen LogP contribution in [-0.4, -0.2) is 15.8 Å². The zero-order chi connectivity index (χ0) is 13.9. The van der Waals surface area contributed by atoms with Crippen LogP contribution in [0.5, 0.6) is 0 Å². The van der Waals surface area contributed by atoms with Gasteiger partial charge in [-0.05, 0) is 23.3 Å². The Labute approximate surface area is 123 Å². The molecule has 1 heterocycles. The molecule has 0 saturated heterocycles. The Morgan fingerprint density at radius 3 is 2.25 bits per heavy atom. The Bertz CT molecular complexity index is 637. The Morgan fingerprint density at radius 2 is 1.65 bits per heavy atom. The van der Waals surface area contributed by atoms with Gasteiger partial charge in [-0.2, -0.15) is 5.10 Å². The first-order chi connectivity index (χ1) is 9.75. The van der Waals surface area contributed by atoms with Crippen molar-refractivity contribution in [3.8, 4) is 0 Å². The van der Waals surface area contributed by atoms with Gasteiger partial charge in [-0.1, -0.05) is 60.7 Å². The fourth-order valence-corrected chi connectivity index (χ4v) is 2.62. The Balaban J connectivity index is 1.94. The highest BCUT2D eigenvalue weighted by atomic mass is 32.1. The molecule has 1 aliphatic heterocycles. The molecule has 2 N–H and O–H groups in total. The summed E-state index contributed by atoms with van der Waals surface area (Å²) in [7, 11) is 0. The van der Waals surface area contributed by atoms with Gasteiger partial charge in [-0.3, -0.25) is 0 Å². The molecule has 3 rings (SSSR count). The predicted octanol–water partition coefficient (Wildman–Crippen LogP) is 3.08. The number of thiocarbonyl (C=S) groups is 1. The van der Waals surface area contributed by atoms with Crippen molar-refractivity contribution < 1.29 is 0 Å². The van der Waals surface area contributed by atoms with Crippen molar-refractivity contribution in [2.45, 2.75) is 12.5 Å². The van der Waals surface area contributed by atoms with Crippen molar-refractivity contribution in [3.63, 3.8) is 0 Å². The van der Waals surface area contributed by atoms with Gasteiger partial charge in [-0.25, -0.2) is 5.01 Å². The molecule has 0 radical (unpaired) electrons. The molecule has 1 aliphatic rings. The molecule has 0 fully saturated rings. The minimum atomic E-state index is 0.0870. The molecule has 0 saturated carbocycles. The highest BCUT2D eigenvalue weighted by Crippen LogP contribution is 2.32. The number of hydrogen-bond donors (Lipinski definition) is 1. The number of benzene rings is 2. The molecule has 100 valence electrons. The average molecular weight is 281 g/mol. The lowest BCUT2D eigenvalue weighted by atomic mass is 9.99.